The Hall–Kier alpha value is -2.29. The van der Waals surface area contributed by atoms with E-state index in [1.165, 1.54) is 12.3 Å². The summed E-state index contributed by atoms with van der Waals surface area (Å²) in [6.07, 6.45) is -3.40. The Morgan fingerprint density at radius 1 is 1.22 bits per heavy atom. The molecule has 0 spiro atoms. The van der Waals surface area contributed by atoms with Crippen molar-refractivity contribution in [2.75, 3.05) is 25.9 Å². The van der Waals surface area contributed by atoms with Crippen molar-refractivity contribution >= 4 is 5.82 Å². The van der Waals surface area contributed by atoms with Crippen molar-refractivity contribution in [3.05, 3.63) is 24.0 Å². The van der Waals surface area contributed by atoms with Gasteiger partial charge < -0.3 is 15.4 Å². The Morgan fingerprint density at radius 3 is 2.48 bits per heavy atom. The average molecular weight is 381 g/mol. The molecular weight excluding hydrogens is 359 g/mol. The molecule has 2 fully saturated rings. The Labute approximate surface area is 155 Å². The number of nitrogens with zero attached hydrogens (tertiary/aromatic N) is 4. The van der Waals surface area contributed by atoms with Gasteiger partial charge in [-0.2, -0.15) is 5.10 Å². The van der Waals surface area contributed by atoms with Gasteiger partial charge in [0.05, 0.1) is 5.69 Å². The maximum Gasteiger partial charge on any atom is 0.573 e. The van der Waals surface area contributed by atoms with Gasteiger partial charge in [-0.05, 0) is 44.9 Å². The fraction of sp³-hybridized carbons (Fsp3) is 0.556. The van der Waals surface area contributed by atoms with E-state index in [1.807, 2.05) is 24.6 Å². The number of anilines is 1. The predicted molar refractivity (Wildman–Crippen MR) is 94.2 cm³/mol. The summed E-state index contributed by atoms with van der Waals surface area (Å²) in [5.41, 5.74) is 7.69. The first-order valence-electron chi connectivity index (χ1n) is 8.93. The number of likely N-dealkylation sites (tertiary alicyclic amines) is 1. The molecule has 0 amide bonds. The lowest BCUT2D eigenvalue weighted by Gasteiger charge is -2.15. The highest BCUT2D eigenvalue weighted by atomic mass is 19.4. The molecule has 2 aliphatic rings. The molecule has 1 aliphatic carbocycles. The maximum absolute atomic E-state index is 12.6. The minimum absolute atomic E-state index is 0.153. The van der Waals surface area contributed by atoms with E-state index >= 15 is 0 Å². The number of rotatable bonds is 4. The molecule has 2 unspecified atom stereocenters. The van der Waals surface area contributed by atoms with Crippen molar-refractivity contribution in [2.45, 2.75) is 32.2 Å². The van der Waals surface area contributed by atoms with E-state index in [4.69, 9.17) is 5.73 Å². The van der Waals surface area contributed by atoms with Crippen molar-refractivity contribution in [2.24, 2.45) is 11.8 Å². The molecule has 4 rings (SSSR count). The lowest BCUT2D eigenvalue weighted by atomic mass is 10.1. The molecule has 1 aliphatic heterocycles. The molecule has 146 valence electrons. The van der Waals surface area contributed by atoms with E-state index in [0.29, 0.717) is 29.0 Å². The van der Waals surface area contributed by atoms with Crippen LogP contribution in [-0.4, -0.2) is 46.2 Å². The fourth-order valence-corrected chi connectivity index (χ4v) is 4.19. The second-order valence-electron chi connectivity index (χ2n) is 7.72. The summed E-state index contributed by atoms with van der Waals surface area (Å²) in [6.45, 7) is 6.23. The summed E-state index contributed by atoms with van der Waals surface area (Å²) in [5, 5.41) is 4.64. The number of pyridine rings is 1. The summed E-state index contributed by atoms with van der Waals surface area (Å²) in [7, 11) is 2.12. The van der Waals surface area contributed by atoms with Crippen LogP contribution in [0, 0.1) is 11.8 Å². The van der Waals surface area contributed by atoms with Crippen LogP contribution >= 0.6 is 0 Å². The highest BCUT2D eigenvalue weighted by Gasteiger charge is 2.56. The van der Waals surface area contributed by atoms with Crippen LogP contribution in [0.5, 0.6) is 5.75 Å². The molecule has 2 atom stereocenters. The molecule has 3 heterocycles. The summed E-state index contributed by atoms with van der Waals surface area (Å²) < 4.78 is 43.7. The summed E-state index contributed by atoms with van der Waals surface area (Å²) in [6, 6.07) is 3.36. The second-order valence-corrected chi connectivity index (χ2v) is 7.72. The Kier molecular flexibility index (Phi) is 4.10. The Bertz CT molecular complexity index is 851. The van der Waals surface area contributed by atoms with Gasteiger partial charge in [-0.3, -0.25) is 4.68 Å². The van der Waals surface area contributed by atoms with Crippen LogP contribution in [0.15, 0.2) is 18.3 Å². The van der Waals surface area contributed by atoms with E-state index in [-0.39, 0.29) is 11.9 Å². The number of fused-ring (bicyclic) bond motifs is 1. The molecule has 6 nitrogen and oxygen atoms in total. The molecule has 0 bridgehead atoms. The first-order chi connectivity index (χ1) is 12.6. The number of halogens is 3. The van der Waals surface area contributed by atoms with Gasteiger partial charge in [0.1, 0.15) is 0 Å². The molecular formula is C18H22F3N5O. The normalized spacial score (nSPS) is 25.1. The van der Waals surface area contributed by atoms with Crippen molar-refractivity contribution in [3.63, 3.8) is 0 Å². The Balaban J connectivity index is 1.67. The van der Waals surface area contributed by atoms with E-state index in [2.05, 4.69) is 26.8 Å². The smallest absolute Gasteiger partial charge is 0.402 e. The summed E-state index contributed by atoms with van der Waals surface area (Å²) in [5.74, 6) is 0.902. The van der Waals surface area contributed by atoms with Gasteiger partial charge in [-0.25, -0.2) is 4.98 Å². The number of hydrogen-bond acceptors (Lipinski definition) is 5. The molecule has 9 heteroatoms. The third-order valence-electron chi connectivity index (χ3n) is 5.38. The van der Waals surface area contributed by atoms with Crippen molar-refractivity contribution in [1.29, 1.82) is 0 Å². The van der Waals surface area contributed by atoms with Crippen LogP contribution < -0.4 is 10.5 Å². The number of hydrogen-bond donors (Lipinski definition) is 1. The molecule has 1 saturated carbocycles. The minimum atomic E-state index is -4.83. The van der Waals surface area contributed by atoms with Crippen LogP contribution in [0.25, 0.3) is 11.3 Å². The number of nitrogen functional groups attached to an aromatic ring is 1. The number of alkyl halides is 3. The highest BCUT2D eigenvalue weighted by Crippen LogP contribution is 2.58. The zero-order valence-electron chi connectivity index (χ0n) is 15.4. The molecule has 0 aromatic carbocycles. The van der Waals surface area contributed by atoms with Gasteiger partial charge in [0.25, 0.3) is 0 Å². The summed E-state index contributed by atoms with van der Waals surface area (Å²) in [4.78, 5) is 6.17. The van der Waals surface area contributed by atoms with Gasteiger partial charge in [0.15, 0.2) is 11.6 Å². The van der Waals surface area contributed by atoms with Crippen LogP contribution in [0.3, 0.4) is 0 Å². The lowest BCUT2D eigenvalue weighted by Crippen LogP contribution is -2.19. The standard InChI is InChI=1S/C18H22F3N5O/c1-9(2)26-14(16-11-7-25(3)8-12(11)16)5-13(24-26)10-4-15(17(22)23-6-10)27-18(19,20)21/h4-6,9,11-12,16H,7-8H2,1-3H3,(H2,22,23). The minimum Gasteiger partial charge on any atom is -0.402 e. The largest absolute Gasteiger partial charge is 0.573 e. The number of nitrogens with two attached hydrogens (primary N) is 1. The maximum atomic E-state index is 12.6. The lowest BCUT2D eigenvalue weighted by molar-refractivity contribution is -0.274. The number of piperidine rings is 1. The molecule has 2 aromatic rings. The predicted octanol–water partition coefficient (Wildman–Crippen LogP) is 3.28. The molecule has 2 N–H and O–H groups in total. The van der Waals surface area contributed by atoms with E-state index in [0.717, 1.165) is 18.8 Å². The van der Waals surface area contributed by atoms with Gasteiger partial charge in [-0.15, -0.1) is 13.2 Å². The van der Waals surface area contributed by atoms with Gasteiger partial charge >= 0.3 is 6.36 Å². The van der Waals surface area contributed by atoms with E-state index < -0.39 is 12.1 Å². The van der Waals surface area contributed by atoms with Gasteiger partial charge in [0, 0.05) is 42.5 Å². The number of ether oxygens (including phenoxy) is 1. The summed E-state index contributed by atoms with van der Waals surface area (Å²) >= 11 is 0. The highest BCUT2D eigenvalue weighted by molar-refractivity contribution is 5.64. The Morgan fingerprint density at radius 2 is 1.89 bits per heavy atom. The van der Waals surface area contributed by atoms with Crippen LogP contribution in [0.2, 0.25) is 0 Å². The van der Waals surface area contributed by atoms with E-state index in [1.54, 1.807) is 0 Å². The average Bonchev–Trinajstić information content (AvgIpc) is 2.94. The third-order valence-corrected chi connectivity index (χ3v) is 5.38. The zero-order chi connectivity index (χ0) is 19.5. The molecule has 0 radical (unpaired) electrons. The first-order valence-corrected chi connectivity index (χ1v) is 8.93. The quantitative estimate of drug-likeness (QED) is 0.880. The van der Waals surface area contributed by atoms with Crippen LogP contribution in [-0.2, 0) is 0 Å². The monoisotopic (exact) mass is 381 g/mol. The molecule has 27 heavy (non-hydrogen) atoms. The van der Waals surface area contributed by atoms with Gasteiger partial charge in [-0.1, -0.05) is 0 Å². The zero-order valence-corrected chi connectivity index (χ0v) is 15.4. The third kappa shape index (κ3) is 3.36. The topological polar surface area (TPSA) is 69.2 Å². The SMILES string of the molecule is CC(C)n1nc(-c2cnc(N)c(OC(F)(F)F)c2)cc1C1C2CN(C)CC21. The van der Waals surface area contributed by atoms with Gasteiger partial charge in [0.2, 0.25) is 0 Å². The van der Waals surface area contributed by atoms with Crippen molar-refractivity contribution in [3.8, 4) is 17.0 Å². The van der Waals surface area contributed by atoms with Crippen molar-refractivity contribution in [1.82, 2.24) is 19.7 Å². The second kappa shape index (κ2) is 6.12. The fourth-order valence-electron chi connectivity index (χ4n) is 4.19. The molecule has 1 saturated heterocycles. The number of aromatic nitrogens is 3. The van der Waals surface area contributed by atoms with Crippen LogP contribution in [0.1, 0.15) is 31.5 Å². The van der Waals surface area contributed by atoms with E-state index in [9.17, 15) is 13.2 Å². The van der Waals surface area contributed by atoms with Crippen LogP contribution in [0.4, 0.5) is 19.0 Å². The van der Waals surface area contributed by atoms with Crippen molar-refractivity contribution < 1.29 is 17.9 Å². The molecule has 2 aromatic heterocycles. The first kappa shape index (κ1) is 18.1.